The van der Waals surface area contributed by atoms with E-state index in [0.717, 1.165) is 38.5 Å². The molecular weight excluding hydrogens is 739 g/mol. The monoisotopic (exact) mass is 832 g/mol. The Balaban J connectivity index is 2.37. The van der Waals surface area contributed by atoms with Gasteiger partial charge in [-0.15, -0.1) is 0 Å². The molecule has 1 aliphatic rings. The van der Waals surface area contributed by atoms with Crippen LogP contribution in [0.4, 0.5) is 0 Å². The molecule has 1 aliphatic heterocycles. The van der Waals surface area contributed by atoms with E-state index in [4.69, 9.17) is 9.47 Å². The summed E-state index contributed by atoms with van der Waals surface area (Å²) in [6, 6.07) is -1.16. The minimum absolute atomic E-state index is 0.266. The Bertz CT molecular complexity index is 913. The van der Waals surface area contributed by atoms with Crippen molar-refractivity contribution in [1.82, 2.24) is 5.32 Å². The van der Waals surface area contributed by atoms with Crippen LogP contribution in [0.3, 0.4) is 0 Å². The van der Waals surface area contributed by atoms with Gasteiger partial charge in [0.2, 0.25) is 5.91 Å². The molecule has 1 amide bonds. The van der Waals surface area contributed by atoms with Crippen molar-refractivity contribution in [3.8, 4) is 0 Å². The third-order valence-electron chi connectivity index (χ3n) is 12.2. The number of hydrogen-bond acceptors (Lipinski definition) is 10. The summed E-state index contributed by atoms with van der Waals surface area (Å²) in [4.78, 5) is 13.1. The lowest BCUT2D eigenvalue weighted by Crippen LogP contribution is -2.60. The van der Waals surface area contributed by atoms with Crippen molar-refractivity contribution in [2.45, 2.75) is 281 Å². The number of amides is 1. The van der Waals surface area contributed by atoms with E-state index < -0.39 is 74.2 Å². The first-order valence-corrected chi connectivity index (χ1v) is 24.4. The van der Waals surface area contributed by atoms with Crippen molar-refractivity contribution >= 4 is 5.91 Å². The number of rotatable bonds is 41. The fraction of sp³-hybridized carbons (Fsp3) is 0.979. The Kier molecular flexibility index (Phi) is 36.0. The molecule has 1 fully saturated rings. The molecule has 0 aromatic carbocycles. The number of nitrogens with one attached hydrogen (secondary N) is 1. The Morgan fingerprint density at radius 1 is 0.534 bits per heavy atom. The Morgan fingerprint density at radius 3 is 1.28 bits per heavy atom. The molecule has 9 atom stereocenters. The lowest BCUT2D eigenvalue weighted by Gasteiger charge is -2.40. The van der Waals surface area contributed by atoms with Gasteiger partial charge < -0.3 is 50.5 Å². The minimum atomic E-state index is -1.66. The summed E-state index contributed by atoms with van der Waals surface area (Å²) in [5.74, 6) is -0.693. The lowest BCUT2D eigenvalue weighted by molar-refractivity contribution is -0.303. The molecule has 11 heteroatoms. The van der Waals surface area contributed by atoms with Gasteiger partial charge in [0.15, 0.2) is 6.29 Å². The second kappa shape index (κ2) is 37.8. The highest BCUT2D eigenvalue weighted by molar-refractivity contribution is 5.80. The van der Waals surface area contributed by atoms with E-state index >= 15 is 0 Å². The molecule has 0 aromatic rings. The molecule has 11 nitrogen and oxygen atoms in total. The van der Waals surface area contributed by atoms with Crippen LogP contribution in [0.15, 0.2) is 0 Å². The van der Waals surface area contributed by atoms with Crippen LogP contribution in [0.5, 0.6) is 0 Å². The van der Waals surface area contributed by atoms with Crippen molar-refractivity contribution in [2.75, 3.05) is 13.2 Å². The largest absolute Gasteiger partial charge is 0.394 e. The number of aliphatic hydroxyl groups excluding tert-OH is 7. The van der Waals surface area contributed by atoms with Gasteiger partial charge in [0, 0.05) is 0 Å². The number of carbonyl (C=O) groups is 1. The average molecular weight is 832 g/mol. The highest BCUT2D eigenvalue weighted by atomic mass is 16.7. The molecule has 346 valence electrons. The van der Waals surface area contributed by atoms with Crippen LogP contribution in [0, 0.1) is 0 Å². The van der Waals surface area contributed by atoms with E-state index in [-0.39, 0.29) is 6.42 Å². The summed E-state index contributed by atoms with van der Waals surface area (Å²) in [7, 11) is 0. The topological polar surface area (TPSA) is 189 Å². The van der Waals surface area contributed by atoms with Crippen LogP contribution in [-0.4, -0.2) is 110 Å². The summed E-state index contributed by atoms with van der Waals surface area (Å²) >= 11 is 0. The predicted molar refractivity (Wildman–Crippen MR) is 233 cm³/mol. The Labute approximate surface area is 354 Å². The number of ether oxygens (including phenoxy) is 2. The van der Waals surface area contributed by atoms with E-state index in [2.05, 4.69) is 19.2 Å². The first kappa shape index (κ1) is 55.1. The van der Waals surface area contributed by atoms with Crippen molar-refractivity contribution in [1.29, 1.82) is 0 Å². The molecule has 1 saturated heterocycles. The average Bonchev–Trinajstić information content (AvgIpc) is 3.22. The van der Waals surface area contributed by atoms with Crippen LogP contribution in [0.1, 0.15) is 226 Å². The summed E-state index contributed by atoms with van der Waals surface area (Å²) in [6.45, 7) is 3.44. The fourth-order valence-electron chi connectivity index (χ4n) is 8.09. The molecule has 8 N–H and O–H groups in total. The van der Waals surface area contributed by atoms with Crippen molar-refractivity contribution < 1.29 is 50.0 Å². The molecule has 0 bridgehead atoms. The third kappa shape index (κ3) is 27.1. The standard InChI is InChI=1S/C47H93NO10/c1-3-5-7-9-11-13-15-16-17-18-19-20-21-22-23-25-27-29-31-33-35-40(51)46(56)48-38(37-57-47-45(55)44(54)43(53)41(36-49)58-47)42(52)39(50)34-32-30-28-26-24-14-12-10-8-6-4-2/h38-45,47,49-55H,3-37H2,1-2H3,(H,48,56)/t38-,39+,40-,41+,42-,43-,44-,45+,47-/m0/s1. The fourth-order valence-corrected chi connectivity index (χ4v) is 8.09. The zero-order valence-corrected chi connectivity index (χ0v) is 37.3. The zero-order chi connectivity index (χ0) is 42.6. The molecule has 1 heterocycles. The predicted octanol–water partition coefficient (Wildman–Crippen LogP) is 8.28. The first-order chi connectivity index (χ1) is 28.2. The van der Waals surface area contributed by atoms with Crippen LogP contribution >= 0.6 is 0 Å². The van der Waals surface area contributed by atoms with Crippen molar-refractivity contribution in [3.05, 3.63) is 0 Å². The maximum Gasteiger partial charge on any atom is 0.249 e. The molecule has 0 radical (unpaired) electrons. The van der Waals surface area contributed by atoms with Gasteiger partial charge in [0.05, 0.1) is 25.4 Å². The molecule has 58 heavy (non-hydrogen) atoms. The third-order valence-corrected chi connectivity index (χ3v) is 12.2. The Morgan fingerprint density at radius 2 is 0.897 bits per heavy atom. The SMILES string of the molecule is CCCCCCCCCCCCCCCCCCCCCC[C@H](O)C(=O)N[C@@H](CO[C@H]1O[C@H](CO)[C@H](O)[C@H](O)[C@H]1O)[C@H](O)[C@H](O)CCCCCCCCCCCCC. The van der Waals surface area contributed by atoms with E-state index in [1.807, 2.05) is 0 Å². The molecule has 1 rings (SSSR count). The summed E-state index contributed by atoms with van der Waals surface area (Å²) < 4.78 is 11.1. The van der Waals surface area contributed by atoms with Gasteiger partial charge in [-0.1, -0.05) is 213 Å². The van der Waals surface area contributed by atoms with E-state index in [1.54, 1.807) is 0 Å². The molecule has 0 spiro atoms. The molecule has 0 aliphatic carbocycles. The van der Waals surface area contributed by atoms with E-state index in [0.29, 0.717) is 19.3 Å². The zero-order valence-electron chi connectivity index (χ0n) is 37.3. The number of hydrogen-bond donors (Lipinski definition) is 8. The van der Waals surface area contributed by atoms with Gasteiger partial charge in [-0.25, -0.2) is 0 Å². The van der Waals surface area contributed by atoms with Crippen LogP contribution in [-0.2, 0) is 14.3 Å². The molecule has 0 unspecified atom stereocenters. The minimum Gasteiger partial charge on any atom is -0.394 e. The van der Waals surface area contributed by atoms with E-state index in [9.17, 15) is 40.5 Å². The lowest BCUT2D eigenvalue weighted by atomic mass is 9.98. The number of aliphatic hydroxyl groups is 7. The van der Waals surface area contributed by atoms with Gasteiger partial charge >= 0.3 is 0 Å². The van der Waals surface area contributed by atoms with Gasteiger partial charge in [-0.05, 0) is 12.8 Å². The summed E-state index contributed by atoms with van der Waals surface area (Å²) in [5.41, 5.74) is 0. The number of unbranched alkanes of at least 4 members (excludes halogenated alkanes) is 29. The number of carbonyl (C=O) groups excluding carboxylic acids is 1. The second-order valence-corrected chi connectivity index (χ2v) is 17.5. The van der Waals surface area contributed by atoms with Crippen molar-refractivity contribution in [3.63, 3.8) is 0 Å². The highest BCUT2D eigenvalue weighted by Crippen LogP contribution is 2.23. The van der Waals surface area contributed by atoms with Gasteiger partial charge in [0.25, 0.3) is 0 Å². The highest BCUT2D eigenvalue weighted by Gasteiger charge is 2.44. The van der Waals surface area contributed by atoms with Crippen LogP contribution in [0.25, 0.3) is 0 Å². The van der Waals surface area contributed by atoms with Gasteiger partial charge in [-0.2, -0.15) is 0 Å². The Hall–Kier alpha value is -0.890. The first-order valence-electron chi connectivity index (χ1n) is 24.4. The summed E-state index contributed by atoms with van der Waals surface area (Å²) in [5, 5.41) is 75.6. The summed E-state index contributed by atoms with van der Waals surface area (Å²) in [6.07, 6.45) is 27.3. The maximum absolute atomic E-state index is 13.1. The molecular formula is C47H93NO10. The second-order valence-electron chi connectivity index (χ2n) is 17.5. The maximum atomic E-state index is 13.1. The van der Waals surface area contributed by atoms with Gasteiger partial charge in [-0.3, -0.25) is 4.79 Å². The van der Waals surface area contributed by atoms with Crippen LogP contribution in [0.2, 0.25) is 0 Å². The van der Waals surface area contributed by atoms with Gasteiger partial charge in [0.1, 0.15) is 36.6 Å². The van der Waals surface area contributed by atoms with E-state index in [1.165, 1.54) is 148 Å². The normalized spacial score (nSPS) is 21.8. The molecule has 0 aromatic heterocycles. The smallest absolute Gasteiger partial charge is 0.249 e. The van der Waals surface area contributed by atoms with Crippen LogP contribution < -0.4 is 5.32 Å². The van der Waals surface area contributed by atoms with Crippen molar-refractivity contribution in [2.24, 2.45) is 0 Å². The quantitative estimate of drug-likeness (QED) is 0.0279. The molecule has 0 saturated carbocycles.